The van der Waals surface area contributed by atoms with Crippen LogP contribution in [0.1, 0.15) is 13.8 Å². The maximum atomic E-state index is 13.3. The molecule has 3 atom stereocenters. The normalized spacial score (nSPS) is 27.1. The molecular formula is C17H18F3NO5. The summed E-state index contributed by atoms with van der Waals surface area (Å²) < 4.78 is 54.9. The number of alkyl halides is 3. The van der Waals surface area contributed by atoms with Crippen LogP contribution in [-0.2, 0) is 19.1 Å². The predicted molar refractivity (Wildman–Crippen MR) is 83.7 cm³/mol. The van der Waals surface area contributed by atoms with Crippen molar-refractivity contribution in [3.05, 3.63) is 24.3 Å². The highest BCUT2D eigenvalue weighted by atomic mass is 19.4. The SMILES string of the molecule is COc1ccc(N2[C@H](C(=O)O[C@H]3C(=O)OCC3(C)C)[C@@H]2C(F)(F)F)cc1. The number of cyclic esters (lactones) is 1. The molecule has 0 amide bonds. The Hall–Kier alpha value is -2.45. The van der Waals surface area contributed by atoms with Crippen LogP contribution >= 0.6 is 0 Å². The van der Waals surface area contributed by atoms with Crippen LogP contribution in [0.25, 0.3) is 0 Å². The van der Waals surface area contributed by atoms with Gasteiger partial charge in [-0.15, -0.1) is 0 Å². The standard InChI is InChI=1S/C17H18F3NO5/c1-16(2)8-25-15(23)13(16)26-14(22)11-12(17(18,19)20)21(11)9-4-6-10(24-3)7-5-9/h4-7,11-13H,8H2,1-3H3/t11-,12+,13-,21?/m0/s1. The van der Waals surface area contributed by atoms with Crippen molar-refractivity contribution in [1.82, 2.24) is 0 Å². The van der Waals surface area contributed by atoms with E-state index in [9.17, 15) is 22.8 Å². The number of carbonyl (C=O) groups excluding carboxylic acids is 2. The molecule has 2 fully saturated rings. The minimum absolute atomic E-state index is 0.0410. The van der Waals surface area contributed by atoms with Crippen LogP contribution in [-0.4, -0.2) is 50.0 Å². The van der Waals surface area contributed by atoms with Gasteiger partial charge in [-0.05, 0) is 24.3 Å². The molecule has 2 saturated heterocycles. The molecule has 142 valence electrons. The van der Waals surface area contributed by atoms with Crippen LogP contribution in [0.15, 0.2) is 24.3 Å². The number of nitrogens with zero attached hydrogens (tertiary/aromatic N) is 1. The maximum Gasteiger partial charge on any atom is 0.411 e. The second kappa shape index (κ2) is 6.07. The van der Waals surface area contributed by atoms with E-state index >= 15 is 0 Å². The third-order valence-corrected chi connectivity index (χ3v) is 4.50. The summed E-state index contributed by atoms with van der Waals surface area (Å²) >= 11 is 0. The van der Waals surface area contributed by atoms with Crippen molar-refractivity contribution in [2.45, 2.75) is 38.2 Å². The molecule has 0 aromatic heterocycles. The molecule has 1 aromatic carbocycles. The number of esters is 2. The van der Waals surface area contributed by atoms with E-state index in [1.54, 1.807) is 13.8 Å². The number of ether oxygens (including phenoxy) is 3. The van der Waals surface area contributed by atoms with E-state index in [1.807, 2.05) is 0 Å². The summed E-state index contributed by atoms with van der Waals surface area (Å²) in [6, 6.07) is 2.33. The molecule has 26 heavy (non-hydrogen) atoms. The summed E-state index contributed by atoms with van der Waals surface area (Å²) in [5.41, 5.74) is -0.580. The lowest BCUT2D eigenvalue weighted by Gasteiger charge is -2.21. The van der Waals surface area contributed by atoms with Gasteiger partial charge in [0.25, 0.3) is 0 Å². The molecule has 0 spiro atoms. The predicted octanol–water partition coefficient (Wildman–Crippen LogP) is 2.31. The summed E-state index contributed by atoms with van der Waals surface area (Å²) in [6.07, 6.45) is -5.84. The summed E-state index contributed by atoms with van der Waals surface area (Å²) in [4.78, 5) is 25.0. The number of anilines is 1. The number of methoxy groups -OCH3 is 1. The van der Waals surface area contributed by atoms with Gasteiger partial charge in [-0.2, -0.15) is 13.2 Å². The number of benzene rings is 1. The lowest BCUT2D eigenvalue weighted by atomic mass is 9.90. The first-order valence-electron chi connectivity index (χ1n) is 7.92. The van der Waals surface area contributed by atoms with Crippen LogP contribution in [0.2, 0.25) is 0 Å². The monoisotopic (exact) mass is 373 g/mol. The van der Waals surface area contributed by atoms with Gasteiger partial charge in [0.1, 0.15) is 12.4 Å². The van der Waals surface area contributed by atoms with E-state index in [0.717, 1.165) is 4.90 Å². The summed E-state index contributed by atoms with van der Waals surface area (Å²) in [5.74, 6) is -1.36. The van der Waals surface area contributed by atoms with Crippen molar-refractivity contribution < 1.29 is 37.0 Å². The zero-order chi connectivity index (χ0) is 19.3. The fraction of sp³-hybridized carbons (Fsp3) is 0.529. The minimum atomic E-state index is -4.62. The zero-order valence-electron chi connectivity index (χ0n) is 14.4. The Morgan fingerprint density at radius 3 is 2.35 bits per heavy atom. The van der Waals surface area contributed by atoms with E-state index in [2.05, 4.69) is 0 Å². The van der Waals surface area contributed by atoms with Crippen LogP contribution in [0.3, 0.4) is 0 Å². The molecular weight excluding hydrogens is 355 g/mol. The molecule has 2 aliphatic rings. The molecule has 3 rings (SSSR count). The van der Waals surface area contributed by atoms with Crippen molar-refractivity contribution in [2.75, 3.05) is 18.6 Å². The van der Waals surface area contributed by atoms with Gasteiger partial charge in [-0.25, -0.2) is 9.59 Å². The first-order valence-corrected chi connectivity index (χ1v) is 7.92. The van der Waals surface area contributed by atoms with Gasteiger partial charge in [0.2, 0.25) is 6.10 Å². The summed E-state index contributed by atoms with van der Waals surface area (Å²) in [5, 5.41) is 0. The zero-order valence-corrected chi connectivity index (χ0v) is 14.4. The second-order valence-corrected chi connectivity index (χ2v) is 6.95. The van der Waals surface area contributed by atoms with Crippen molar-refractivity contribution >= 4 is 17.6 Å². The molecule has 0 radical (unpaired) electrons. The lowest BCUT2D eigenvalue weighted by molar-refractivity contribution is -0.164. The second-order valence-electron chi connectivity index (χ2n) is 6.95. The number of rotatable bonds is 4. The fourth-order valence-corrected chi connectivity index (χ4v) is 3.01. The Balaban J connectivity index is 1.80. The van der Waals surface area contributed by atoms with E-state index in [4.69, 9.17) is 14.2 Å². The van der Waals surface area contributed by atoms with Gasteiger partial charge in [0.15, 0.2) is 12.1 Å². The van der Waals surface area contributed by atoms with Crippen molar-refractivity contribution in [1.29, 1.82) is 0 Å². The topological polar surface area (TPSA) is 64.8 Å². The van der Waals surface area contributed by atoms with Gasteiger partial charge in [-0.1, -0.05) is 13.8 Å². The highest BCUT2D eigenvalue weighted by Crippen LogP contribution is 2.46. The van der Waals surface area contributed by atoms with E-state index in [1.165, 1.54) is 31.4 Å². The van der Waals surface area contributed by atoms with Crippen LogP contribution in [0, 0.1) is 5.41 Å². The molecule has 2 heterocycles. The molecule has 0 saturated carbocycles. The number of carbonyl (C=O) groups is 2. The van der Waals surface area contributed by atoms with Crippen LogP contribution in [0.4, 0.5) is 18.9 Å². The molecule has 0 aliphatic carbocycles. The smallest absolute Gasteiger partial charge is 0.411 e. The van der Waals surface area contributed by atoms with Gasteiger partial charge in [-0.3, -0.25) is 0 Å². The minimum Gasteiger partial charge on any atom is -0.497 e. The number of hydrogen-bond donors (Lipinski definition) is 0. The highest BCUT2D eigenvalue weighted by Gasteiger charge is 2.67. The third kappa shape index (κ3) is 3.17. The molecule has 6 nitrogen and oxygen atoms in total. The Bertz CT molecular complexity index is 716. The lowest BCUT2D eigenvalue weighted by Crippen LogP contribution is -2.37. The summed E-state index contributed by atoms with van der Waals surface area (Å²) in [7, 11) is 1.44. The first kappa shape index (κ1) is 18.3. The molecule has 0 N–H and O–H groups in total. The molecule has 1 aromatic rings. The van der Waals surface area contributed by atoms with Gasteiger partial charge >= 0.3 is 18.1 Å². The van der Waals surface area contributed by atoms with E-state index in [-0.39, 0.29) is 12.3 Å². The average molecular weight is 373 g/mol. The van der Waals surface area contributed by atoms with E-state index in [0.29, 0.717) is 5.75 Å². The van der Waals surface area contributed by atoms with E-state index < -0.39 is 41.7 Å². The van der Waals surface area contributed by atoms with Gasteiger partial charge in [0.05, 0.1) is 7.11 Å². The van der Waals surface area contributed by atoms with Gasteiger partial charge < -0.3 is 19.1 Å². The third-order valence-electron chi connectivity index (χ3n) is 4.50. The molecule has 2 aliphatic heterocycles. The Morgan fingerprint density at radius 2 is 1.88 bits per heavy atom. The fourth-order valence-electron chi connectivity index (χ4n) is 3.01. The van der Waals surface area contributed by atoms with Crippen LogP contribution in [0.5, 0.6) is 5.75 Å². The Kier molecular flexibility index (Phi) is 4.28. The quantitative estimate of drug-likeness (QED) is 0.596. The first-order chi connectivity index (χ1) is 12.1. The number of hydrogen-bond acceptors (Lipinski definition) is 6. The summed E-state index contributed by atoms with van der Waals surface area (Å²) in [6.45, 7) is 3.33. The van der Waals surface area contributed by atoms with Crippen molar-refractivity contribution in [2.24, 2.45) is 5.41 Å². The van der Waals surface area contributed by atoms with Crippen molar-refractivity contribution in [3.8, 4) is 5.75 Å². The molecule has 9 heteroatoms. The maximum absolute atomic E-state index is 13.3. The Morgan fingerprint density at radius 1 is 1.27 bits per heavy atom. The van der Waals surface area contributed by atoms with Crippen LogP contribution < -0.4 is 9.64 Å². The average Bonchev–Trinajstić information content (AvgIpc) is 3.28. The molecule has 0 bridgehead atoms. The number of halogens is 3. The Labute approximate surface area is 147 Å². The van der Waals surface area contributed by atoms with Gasteiger partial charge in [0, 0.05) is 11.1 Å². The largest absolute Gasteiger partial charge is 0.497 e. The molecule has 0 unspecified atom stereocenters. The van der Waals surface area contributed by atoms with Crippen molar-refractivity contribution in [3.63, 3.8) is 0 Å². The highest BCUT2D eigenvalue weighted by molar-refractivity contribution is 5.91.